The van der Waals surface area contributed by atoms with E-state index >= 15 is 0 Å². The molecule has 0 radical (unpaired) electrons. The summed E-state index contributed by atoms with van der Waals surface area (Å²) in [6.45, 7) is 0.0360. The molecule has 7 heteroatoms. The molecular formula is C12H13F3N2OS. The second-order valence-electron chi connectivity index (χ2n) is 3.89. The van der Waals surface area contributed by atoms with Crippen LogP contribution in [0.2, 0.25) is 0 Å². The molecule has 0 spiro atoms. The maximum Gasteiger partial charge on any atom is 0.397 e. The molecule has 0 fully saturated rings. The summed E-state index contributed by atoms with van der Waals surface area (Å²) >= 11 is 4.68. The van der Waals surface area contributed by atoms with Gasteiger partial charge < -0.3 is 10.6 Å². The average Bonchev–Trinajstić information content (AvgIpc) is 2.27. The van der Waals surface area contributed by atoms with Crippen molar-refractivity contribution in [3.05, 3.63) is 30.3 Å². The van der Waals surface area contributed by atoms with Gasteiger partial charge >= 0.3 is 6.18 Å². The predicted octanol–water partition coefficient (Wildman–Crippen LogP) is 2.65. The van der Waals surface area contributed by atoms with E-state index < -0.39 is 18.5 Å². The van der Waals surface area contributed by atoms with Crippen molar-refractivity contribution in [3.8, 4) is 0 Å². The van der Waals surface area contributed by atoms with Gasteiger partial charge in [0.1, 0.15) is 6.42 Å². The quantitative estimate of drug-likeness (QED) is 0.848. The Morgan fingerprint density at radius 3 is 2.32 bits per heavy atom. The molecule has 1 rings (SSSR count). The van der Waals surface area contributed by atoms with Crippen molar-refractivity contribution in [2.45, 2.75) is 19.0 Å². The Bertz CT molecular complexity index is 448. The molecule has 0 atom stereocenters. The zero-order valence-electron chi connectivity index (χ0n) is 9.98. The molecule has 0 aliphatic rings. The molecule has 0 saturated heterocycles. The van der Waals surface area contributed by atoms with E-state index in [0.29, 0.717) is 5.69 Å². The largest absolute Gasteiger partial charge is 0.397 e. The van der Waals surface area contributed by atoms with Crippen LogP contribution >= 0.6 is 12.2 Å². The molecule has 1 aromatic rings. The van der Waals surface area contributed by atoms with Gasteiger partial charge in [0, 0.05) is 18.7 Å². The molecule has 0 bridgehead atoms. The van der Waals surface area contributed by atoms with Gasteiger partial charge in [0.2, 0.25) is 5.91 Å². The minimum absolute atomic E-state index is 0.0360. The SMILES string of the molecule is NC(=S)CCN(C(=O)CC(F)(F)F)c1ccccc1. The number of benzene rings is 1. The Balaban J connectivity index is 2.86. The first kappa shape index (κ1) is 15.4. The zero-order valence-corrected chi connectivity index (χ0v) is 10.8. The van der Waals surface area contributed by atoms with Crippen LogP contribution in [0, 0.1) is 0 Å². The van der Waals surface area contributed by atoms with Gasteiger partial charge in [0.15, 0.2) is 0 Å². The monoisotopic (exact) mass is 290 g/mol. The Kier molecular flexibility index (Phi) is 5.29. The summed E-state index contributed by atoms with van der Waals surface area (Å²) in [5.74, 6) is -1.02. The first-order valence-corrected chi connectivity index (χ1v) is 5.91. The Labute approximate surface area is 114 Å². The number of carbonyl (C=O) groups is 1. The Morgan fingerprint density at radius 1 is 1.26 bits per heavy atom. The number of thiocarbonyl (C=S) groups is 1. The molecule has 0 unspecified atom stereocenters. The van der Waals surface area contributed by atoms with E-state index in [1.54, 1.807) is 30.3 Å². The summed E-state index contributed by atoms with van der Waals surface area (Å²) in [4.78, 5) is 12.9. The van der Waals surface area contributed by atoms with Gasteiger partial charge in [-0.1, -0.05) is 30.4 Å². The lowest BCUT2D eigenvalue weighted by Gasteiger charge is -2.23. The van der Waals surface area contributed by atoms with Gasteiger partial charge in [-0.2, -0.15) is 13.2 Å². The van der Waals surface area contributed by atoms with Gasteiger partial charge in [0.25, 0.3) is 0 Å². The second kappa shape index (κ2) is 6.51. The van der Waals surface area contributed by atoms with Gasteiger partial charge in [0.05, 0.1) is 4.99 Å². The number of nitrogens with zero attached hydrogens (tertiary/aromatic N) is 1. The van der Waals surface area contributed by atoms with E-state index in [-0.39, 0.29) is 18.0 Å². The number of hydrogen-bond acceptors (Lipinski definition) is 2. The van der Waals surface area contributed by atoms with Crippen molar-refractivity contribution in [1.82, 2.24) is 0 Å². The molecular weight excluding hydrogens is 277 g/mol. The summed E-state index contributed by atoms with van der Waals surface area (Å²) in [6, 6.07) is 8.12. The number of nitrogens with two attached hydrogens (primary N) is 1. The van der Waals surface area contributed by atoms with Crippen molar-refractivity contribution in [3.63, 3.8) is 0 Å². The van der Waals surface area contributed by atoms with Crippen molar-refractivity contribution in [1.29, 1.82) is 0 Å². The fraction of sp³-hybridized carbons (Fsp3) is 0.333. The van der Waals surface area contributed by atoms with Crippen LogP contribution in [-0.2, 0) is 4.79 Å². The fourth-order valence-corrected chi connectivity index (χ4v) is 1.59. The van der Waals surface area contributed by atoms with Crippen LogP contribution < -0.4 is 10.6 Å². The average molecular weight is 290 g/mol. The van der Waals surface area contributed by atoms with Gasteiger partial charge in [-0.25, -0.2) is 0 Å². The number of halogens is 3. The Morgan fingerprint density at radius 2 is 1.84 bits per heavy atom. The third kappa shape index (κ3) is 5.69. The molecule has 19 heavy (non-hydrogen) atoms. The number of rotatable bonds is 5. The van der Waals surface area contributed by atoms with Crippen LogP contribution in [0.3, 0.4) is 0 Å². The third-order valence-electron chi connectivity index (χ3n) is 2.30. The maximum atomic E-state index is 12.3. The number of alkyl halides is 3. The lowest BCUT2D eigenvalue weighted by molar-refractivity contribution is -0.151. The molecule has 0 aliphatic heterocycles. The number of amides is 1. The highest BCUT2D eigenvalue weighted by Gasteiger charge is 2.33. The Hall–Kier alpha value is -1.63. The van der Waals surface area contributed by atoms with Gasteiger partial charge in [-0.15, -0.1) is 0 Å². The fourth-order valence-electron chi connectivity index (χ4n) is 1.49. The van der Waals surface area contributed by atoms with E-state index in [1.165, 1.54) is 0 Å². The second-order valence-corrected chi connectivity index (χ2v) is 4.41. The number of hydrogen-bond donors (Lipinski definition) is 1. The van der Waals surface area contributed by atoms with Crippen LogP contribution in [0.4, 0.5) is 18.9 Å². The van der Waals surface area contributed by atoms with Crippen LogP contribution in [0.15, 0.2) is 30.3 Å². The maximum absolute atomic E-state index is 12.3. The number of carbonyl (C=O) groups excluding carboxylic acids is 1. The van der Waals surface area contributed by atoms with Crippen LogP contribution in [0.5, 0.6) is 0 Å². The first-order valence-electron chi connectivity index (χ1n) is 5.50. The van der Waals surface area contributed by atoms with Crippen molar-refractivity contribution >= 4 is 28.8 Å². The highest BCUT2D eigenvalue weighted by atomic mass is 32.1. The number of anilines is 1. The first-order chi connectivity index (χ1) is 8.79. The topological polar surface area (TPSA) is 46.3 Å². The van der Waals surface area contributed by atoms with Crippen molar-refractivity contribution in [2.75, 3.05) is 11.4 Å². The smallest absolute Gasteiger partial charge is 0.393 e. The standard InChI is InChI=1S/C12H13F3N2OS/c13-12(14,15)8-11(18)17(7-6-10(16)19)9-4-2-1-3-5-9/h1-5H,6-8H2,(H2,16,19). The van der Waals surface area contributed by atoms with Crippen LogP contribution in [-0.4, -0.2) is 23.6 Å². The van der Waals surface area contributed by atoms with Crippen LogP contribution in [0.1, 0.15) is 12.8 Å². The predicted molar refractivity (Wildman–Crippen MR) is 70.9 cm³/mol. The number of para-hydroxylation sites is 1. The normalized spacial score (nSPS) is 11.1. The van der Waals surface area contributed by atoms with E-state index in [9.17, 15) is 18.0 Å². The van der Waals surface area contributed by atoms with Gasteiger partial charge in [-0.3, -0.25) is 4.79 Å². The molecule has 0 aliphatic carbocycles. The van der Waals surface area contributed by atoms with Crippen molar-refractivity contribution < 1.29 is 18.0 Å². The summed E-state index contributed by atoms with van der Waals surface area (Å²) in [5.41, 5.74) is 5.71. The van der Waals surface area contributed by atoms with E-state index in [2.05, 4.69) is 12.2 Å². The van der Waals surface area contributed by atoms with E-state index in [1.807, 2.05) is 0 Å². The molecule has 0 aromatic heterocycles. The van der Waals surface area contributed by atoms with Crippen molar-refractivity contribution in [2.24, 2.45) is 5.73 Å². The van der Waals surface area contributed by atoms with Gasteiger partial charge in [-0.05, 0) is 12.1 Å². The molecule has 0 heterocycles. The summed E-state index contributed by atoms with van der Waals surface area (Å²) < 4.78 is 36.8. The van der Waals surface area contributed by atoms with E-state index in [0.717, 1.165) is 4.90 Å². The lowest BCUT2D eigenvalue weighted by Crippen LogP contribution is -2.36. The molecule has 104 valence electrons. The minimum atomic E-state index is -4.53. The minimum Gasteiger partial charge on any atom is -0.393 e. The summed E-state index contributed by atoms with van der Waals surface area (Å²) in [6.07, 6.45) is -5.86. The van der Waals surface area contributed by atoms with E-state index in [4.69, 9.17) is 5.73 Å². The molecule has 0 saturated carbocycles. The molecule has 1 aromatic carbocycles. The molecule has 2 N–H and O–H groups in total. The lowest BCUT2D eigenvalue weighted by atomic mass is 10.2. The molecule has 3 nitrogen and oxygen atoms in total. The molecule has 1 amide bonds. The summed E-state index contributed by atoms with van der Waals surface area (Å²) in [7, 11) is 0. The zero-order chi connectivity index (χ0) is 14.5. The third-order valence-corrected chi connectivity index (χ3v) is 2.51. The summed E-state index contributed by atoms with van der Waals surface area (Å²) in [5, 5.41) is 0. The van der Waals surface area contributed by atoms with Crippen LogP contribution in [0.25, 0.3) is 0 Å². The highest BCUT2D eigenvalue weighted by molar-refractivity contribution is 7.80. The highest BCUT2D eigenvalue weighted by Crippen LogP contribution is 2.23.